The van der Waals surface area contributed by atoms with Gasteiger partial charge in [-0.25, -0.2) is 0 Å². The lowest BCUT2D eigenvalue weighted by Gasteiger charge is -2.35. The molecular weight excluding hydrogens is 246 g/mol. The maximum absolute atomic E-state index is 5.56. The standard InChI is InChI=1S/C18H29NO/c1-4-20-13-17-10-6-5-9-16(17)12-19-18-11-7-8-14(2)15(18)3/h5-6,9-10,14-15,18-19H,4,7-8,11-13H2,1-3H3. The molecule has 1 aromatic rings. The van der Waals surface area contributed by atoms with E-state index in [9.17, 15) is 0 Å². The number of benzene rings is 1. The molecule has 0 saturated heterocycles. The number of hydrogen-bond donors (Lipinski definition) is 1. The smallest absolute Gasteiger partial charge is 0.0719 e. The molecule has 1 aromatic carbocycles. The first-order valence-electron chi connectivity index (χ1n) is 8.10. The van der Waals surface area contributed by atoms with Gasteiger partial charge in [-0.3, -0.25) is 0 Å². The van der Waals surface area contributed by atoms with Crippen LogP contribution in [0.1, 0.15) is 51.2 Å². The van der Waals surface area contributed by atoms with E-state index in [0.29, 0.717) is 6.04 Å². The Kier molecular flexibility index (Phi) is 6.06. The number of nitrogens with one attached hydrogen (secondary N) is 1. The Morgan fingerprint density at radius 2 is 1.90 bits per heavy atom. The molecular formula is C18H29NO. The van der Waals surface area contributed by atoms with E-state index in [1.807, 2.05) is 6.92 Å². The van der Waals surface area contributed by atoms with E-state index in [-0.39, 0.29) is 0 Å². The molecule has 0 heterocycles. The topological polar surface area (TPSA) is 21.3 Å². The molecule has 112 valence electrons. The van der Waals surface area contributed by atoms with Gasteiger partial charge in [0.2, 0.25) is 0 Å². The molecule has 0 radical (unpaired) electrons. The zero-order chi connectivity index (χ0) is 14.4. The Hall–Kier alpha value is -0.860. The van der Waals surface area contributed by atoms with Crippen molar-refractivity contribution in [1.82, 2.24) is 5.32 Å². The predicted octanol–water partition coefficient (Wildman–Crippen LogP) is 4.14. The second-order valence-corrected chi connectivity index (χ2v) is 6.16. The summed E-state index contributed by atoms with van der Waals surface area (Å²) in [5, 5.41) is 3.78. The van der Waals surface area contributed by atoms with Gasteiger partial charge in [-0.1, -0.05) is 51.0 Å². The van der Waals surface area contributed by atoms with Crippen molar-refractivity contribution in [2.45, 2.75) is 59.2 Å². The van der Waals surface area contributed by atoms with E-state index in [1.54, 1.807) is 0 Å². The molecule has 1 fully saturated rings. The highest BCUT2D eigenvalue weighted by molar-refractivity contribution is 5.26. The van der Waals surface area contributed by atoms with E-state index in [1.165, 1.54) is 30.4 Å². The molecule has 2 heteroatoms. The molecule has 1 aliphatic carbocycles. The van der Waals surface area contributed by atoms with E-state index >= 15 is 0 Å². The van der Waals surface area contributed by atoms with Gasteiger partial charge in [0.05, 0.1) is 6.61 Å². The molecule has 0 bridgehead atoms. The van der Waals surface area contributed by atoms with Crippen molar-refractivity contribution in [1.29, 1.82) is 0 Å². The summed E-state index contributed by atoms with van der Waals surface area (Å²) in [6.07, 6.45) is 4.07. The molecule has 0 spiro atoms. The summed E-state index contributed by atoms with van der Waals surface area (Å²) in [5.41, 5.74) is 2.70. The highest BCUT2D eigenvalue weighted by atomic mass is 16.5. The fraction of sp³-hybridized carbons (Fsp3) is 0.667. The van der Waals surface area contributed by atoms with Crippen LogP contribution in [0.3, 0.4) is 0 Å². The highest BCUT2D eigenvalue weighted by Gasteiger charge is 2.26. The van der Waals surface area contributed by atoms with Crippen LogP contribution in [0.5, 0.6) is 0 Å². The second-order valence-electron chi connectivity index (χ2n) is 6.16. The van der Waals surface area contributed by atoms with Crippen molar-refractivity contribution >= 4 is 0 Å². The number of rotatable bonds is 6. The number of ether oxygens (including phenoxy) is 1. The molecule has 1 saturated carbocycles. The monoisotopic (exact) mass is 275 g/mol. The van der Waals surface area contributed by atoms with Gasteiger partial charge in [-0.15, -0.1) is 0 Å². The van der Waals surface area contributed by atoms with Crippen molar-refractivity contribution in [3.8, 4) is 0 Å². The van der Waals surface area contributed by atoms with Gasteiger partial charge < -0.3 is 10.1 Å². The predicted molar refractivity (Wildman–Crippen MR) is 84.6 cm³/mol. The fourth-order valence-electron chi connectivity index (χ4n) is 3.19. The van der Waals surface area contributed by atoms with Gasteiger partial charge in [-0.05, 0) is 36.3 Å². The maximum Gasteiger partial charge on any atom is 0.0719 e. The third-order valence-corrected chi connectivity index (χ3v) is 4.84. The Morgan fingerprint density at radius 1 is 1.15 bits per heavy atom. The Labute approximate surface area is 123 Å². The van der Waals surface area contributed by atoms with E-state index in [2.05, 4.69) is 43.4 Å². The van der Waals surface area contributed by atoms with Crippen LogP contribution in [0.15, 0.2) is 24.3 Å². The summed E-state index contributed by atoms with van der Waals surface area (Å²) in [4.78, 5) is 0. The molecule has 1 aliphatic rings. The molecule has 0 aromatic heterocycles. The summed E-state index contributed by atoms with van der Waals surface area (Å²) < 4.78 is 5.56. The SMILES string of the molecule is CCOCc1ccccc1CNC1CCCC(C)C1C. The van der Waals surface area contributed by atoms with Crippen molar-refractivity contribution in [3.63, 3.8) is 0 Å². The van der Waals surface area contributed by atoms with Crippen LogP contribution in [-0.2, 0) is 17.9 Å². The summed E-state index contributed by atoms with van der Waals surface area (Å²) in [5.74, 6) is 1.63. The molecule has 3 unspecified atom stereocenters. The summed E-state index contributed by atoms with van der Waals surface area (Å²) in [7, 11) is 0. The maximum atomic E-state index is 5.56. The zero-order valence-electron chi connectivity index (χ0n) is 13.2. The molecule has 20 heavy (non-hydrogen) atoms. The van der Waals surface area contributed by atoms with E-state index in [4.69, 9.17) is 4.74 Å². The van der Waals surface area contributed by atoms with Crippen LogP contribution in [0.4, 0.5) is 0 Å². The van der Waals surface area contributed by atoms with Crippen molar-refractivity contribution in [3.05, 3.63) is 35.4 Å². The van der Waals surface area contributed by atoms with E-state index in [0.717, 1.165) is 31.6 Å². The first-order valence-corrected chi connectivity index (χ1v) is 8.10. The molecule has 1 N–H and O–H groups in total. The van der Waals surface area contributed by atoms with Crippen molar-refractivity contribution < 1.29 is 4.74 Å². The van der Waals surface area contributed by atoms with Gasteiger partial charge in [0, 0.05) is 19.2 Å². The Morgan fingerprint density at radius 3 is 2.65 bits per heavy atom. The molecule has 2 nitrogen and oxygen atoms in total. The largest absolute Gasteiger partial charge is 0.377 e. The van der Waals surface area contributed by atoms with Gasteiger partial charge in [0.1, 0.15) is 0 Å². The van der Waals surface area contributed by atoms with Gasteiger partial charge >= 0.3 is 0 Å². The minimum atomic E-state index is 0.666. The van der Waals surface area contributed by atoms with Crippen LogP contribution in [-0.4, -0.2) is 12.6 Å². The van der Waals surface area contributed by atoms with Crippen molar-refractivity contribution in [2.24, 2.45) is 11.8 Å². The molecule has 0 amide bonds. The average Bonchev–Trinajstić information content (AvgIpc) is 2.47. The average molecular weight is 275 g/mol. The van der Waals surface area contributed by atoms with Crippen LogP contribution in [0.25, 0.3) is 0 Å². The molecule has 2 rings (SSSR count). The van der Waals surface area contributed by atoms with E-state index < -0.39 is 0 Å². The second kappa shape index (κ2) is 7.80. The summed E-state index contributed by atoms with van der Waals surface area (Å²) in [6.45, 7) is 9.30. The van der Waals surface area contributed by atoms with Gasteiger partial charge in [0.25, 0.3) is 0 Å². The summed E-state index contributed by atoms with van der Waals surface area (Å²) >= 11 is 0. The van der Waals surface area contributed by atoms with Crippen LogP contribution < -0.4 is 5.32 Å². The Bertz CT molecular complexity index is 404. The van der Waals surface area contributed by atoms with Gasteiger partial charge in [0.15, 0.2) is 0 Å². The minimum Gasteiger partial charge on any atom is -0.377 e. The zero-order valence-corrected chi connectivity index (χ0v) is 13.2. The van der Waals surface area contributed by atoms with Gasteiger partial charge in [-0.2, -0.15) is 0 Å². The Balaban J connectivity index is 1.93. The van der Waals surface area contributed by atoms with Crippen LogP contribution in [0.2, 0.25) is 0 Å². The first kappa shape index (κ1) is 15.5. The van der Waals surface area contributed by atoms with Crippen LogP contribution >= 0.6 is 0 Å². The molecule has 3 atom stereocenters. The third kappa shape index (κ3) is 4.07. The summed E-state index contributed by atoms with van der Waals surface area (Å²) in [6, 6.07) is 9.29. The lowest BCUT2D eigenvalue weighted by atomic mass is 9.78. The number of hydrogen-bond acceptors (Lipinski definition) is 2. The van der Waals surface area contributed by atoms with Crippen molar-refractivity contribution in [2.75, 3.05) is 6.61 Å². The van der Waals surface area contributed by atoms with Crippen LogP contribution in [0, 0.1) is 11.8 Å². The quantitative estimate of drug-likeness (QED) is 0.842. The lowest BCUT2D eigenvalue weighted by Crippen LogP contribution is -2.40. The minimum absolute atomic E-state index is 0.666. The third-order valence-electron chi connectivity index (χ3n) is 4.84. The normalized spacial score (nSPS) is 26.6. The first-order chi connectivity index (χ1) is 9.72. The molecule has 0 aliphatic heterocycles. The lowest BCUT2D eigenvalue weighted by molar-refractivity contribution is 0.133. The highest BCUT2D eigenvalue weighted by Crippen LogP contribution is 2.29. The fourth-order valence-corrected chi connectivity index (χ4v) is 3.19.